The molecule has 0 saturated heterocycles. The van der Waals surface area contributed by atoms with Gasteiger partial charge in [0.2, 0.25) is 0 Å². The van der Waals surface area contributed by atoms with Crippen molar-refractivity contribution in [3.05, 3.63) is 56.6 Å². The zero-order valence-electron chi connectivity index (χ0n) is 10.8. The molecule has 0 fully saturated rings. The second-order valence-corrected chi connectivity index (χ2v) is 4.89. The normalized spacial score (nSPS) is 10.8. The van der Waals surface area contributed by atoms with Gasteiger partial charge in [-0.25, -0.2) is 4.79 Å². The van der Waals surface area contributed by atoms with E-state index in [4.69, 9.17) is 9.84 Å². The molecule has 0 atom stereocenters. The standard InChI is InChI=1S/C14H13NO4S/c1-19-12-4-2-10(3-5-13(16)17)11(8-12)9-15-6-7-20-14(15)18/h2-8H,9H2,1H3,(H,16,17). The van der Waals surface area contributed by atoms with Crippen molar-refractivity contribution in [2.75, 3.05) is 7.11 Å². The largest absolute Gasteiger partial charge is 0.497 e. The smallest absolute Gasteiger partial charge is 0.328 e. The van der Waals surface area contributed by atoms with Crippen molar-refractivity contribution in [3.63, 3.8) is 0 Å². The Labute approximate surface area is 119 Å². The number of thiazole rings is 1. The van der Waals surface area contributed by atoms with Crippen molar-refractivity contribution in [1.82, 2.24) is 4.57 Å². The molecule has 2 aromatic rings. The summed E-state index contributed by atoms with van der Waals surface area (Å²) in [5, 5.41) is 10.4. The third-order valence-electron chi connectivity index (χ3n) is 2.74. The van der Waals surface area contributed by atoms with Crippen LogP contribution in [0.5, 0.6) is 5.75 Å². The molecule has 0 bridgehead atoms. The molecule has 1 heterocycles. The highest BCUT2D eigenvalue weighted by atomic mass is 32.1. The van der Waals surface area contributed by atoms with Crippen LogP contribution in [0.25, 0.3) is 6.08 Å². The van der Waals surface area contributed by atoms with Crippen molar-refractivity contribution < 1.29 is 14.6 Å². The van der Waals surface area contributed by atoms with Gasteiger partial charge in [-0.15, -0.1) is 0 Å². The van der Waals surface area contributed by atoms with Crippen LogP contribution in [0.4, 0.5) is 0 Å². The molecular formula is C14H13NO4S. The summed E-state index contributed by atoms with van der Waals surface area (Å²) in [5.41, 5.74) is 1.56. The molecular weight excluding hydrogens is 278 g/mol. The minimum absolute atomic E-state index is 0.0546. The number of ether oxygens (including phenoxy) is 1. The molecule has 0 unspecified atom stereocenters. The first-order chi connectivity index (χ1) is 9.60. The lowest BCUT2D eigenvalue weighted by Crippen LogP contribution is -2.13. The number of carboxylic acids is 1. The van der Waals surface area contributed by atoms with E-state index in [0.717, 1.165) is 28.5 Å². The van der Waals surface area contributed by atoms with Gasteiger partial charge in [-0.3, -0.25) is 4.79 Å². The summed E-state index contributed by atoms with van der Waals surface area (Å²) in [4.78, 5) is 22.2. The number of hydrogen-bond donors (Lipinski definition) is 1. The number of hydrogen-bond acceptors (Lipinski definition) is 4. The van der Waals surface area contributed by atoms with Gasteiger partial charge < -0.3 is 14.4 Å². The van der Waals surface area contributed by atoms with Gasteiger partial charge in [0.05, 0.1) is 13.7 Å². The Morgan fingerprint density at radius 1 is 1.50 bits per heavy atom. The molecule has 0 aliphatic carbocycles. The van der Waals surface area contributed by atoms with Crippen molar-refractivity contribution in [2.45, 2.75) is 6.54 Å². The number of nitrogens with zero attached hydrogens (tertiary/aromatic N) is 1. The van der Waals surface area contributed by atoms with Gasteiger partial charge in [0.25, 0.3) is 0 Å². The van der Waals surface area contributed by atoms with Crippen molar-refractivity contribution in [2.24, 2.45) is 0 Å². The Balaban J connectivity index is 2.39. The topological polar surface area (TPSA) is 68.5 Å². The fourth-order valence-electron chi connectivity index (χ4n) is 1.76. The fraction of sp³-hybridized carbons (Fsp3) is 0.143. The molecule has 104 valence electrons. The minimum Gasteiger partial charge on any atom is -0.497 e. The predicted molar refractivity (Wildman–Crippen MR) is 77.3 cm³/mol. The van der Waals surface area contributed by atoms with Crippen LogP contribution in [0.15, 0.2) is 40.6 Å². The van der Waals surface area contributed by atoms with Crippen LogP contribution in [0.3, 0.4) is 0 Å². The third kappa shape index (κ3) is 3.36. The van der Waals surface area contributed by atoms with E-state index in [0.29, 0.717) is 12.3 Å². The highest BCUT2D eigenvalue weighted by Gasteiger charge is 2.05. The second-order valence-electron chi connectivity index (χ2n) is 4.03. The first-order valence-electron chi connectivity index (χ1n) is 5.82. The van der Waals surface area contributed by atoms with E-state index in [1.54, 1.807) is 41.5 Å². The number of benzene rings is 1. The highest BCUT2D eigenvalue weighted by Crippen LogP contribution is 2.20. The molecule has 1 aromatic heterocycles. The van der Waals surface area contributed by atoms with Crippen LogP contribution in [-0.4, -0.2) is 22.8 Å². The first kappa shape index (κ1) is 14.1. The van der Waals surface area contributed by atoms with Crippen molar-refractivity contribution >= 4 is 23.4 Å². The summed E-state index contributed by atoms with van der Waals surface area (Å²) in [6, 6.07) is 5.32. The Kier molecular flexibility index (Phi) is 4.37. The zero-order chi connectivity index (χ0) is 14.5. The molecule has 0 spiro atoms. The maximum atomic E-state index is 11.6. The Morgan fingerprint density at radius 2 is 2.30 bits per heavy atom. The van der Waals surface area contributed by atoms with Gasteiger partial charge in [0.15, 0.2) is 0 Å². The van der Waals surface area contributed by atoms with Gasteiger partial charge in [0, 0.05) is 17.7 Å². The number of carboxylic acid groups (broad SMARTS) is 1. The SMILES string of the molecule is COc1ccc(C=CC(=O)O)c(Cn2ccsc2=O)c1. The van der Waals surface area contributed by atoms with Crippen LogP contribution in [0.1, 0.15) is 11.1 Å². The van der Waals surface area contributed by atoms with Gasteiger partial charge in [-0.2, -0.15) is 0 Å². The second kappa shape index (κ2) is 6.21. The molecule has 1 N–H and O–H groups in total. The van der Waals surface area contributed by atoms with Crippen LogP contribution in [0, 0.1) is 0 Å². The molecule has 5 nitrogen and oxygen atoms in total. The van der Waals surface area contributed by atoms with Crippen molar-refractivity contribution in [1.29, 1.82) is 0 Å². The number of aromatic nitrogens is 1. The molecule has 0 aliphatic heterocycles. The molecule has 0 amide bonds. The molecule has 1 aromatic carbocycles. The summed E-state index contributed by atoms with van der Waals surface area (Å²) in [6.45, 7) is 0.374. The van der Waals surface area contributed by atoms with Gasteiger partial charge >= 0.3 is 10.8 Å². The fourth-order valence-corrected chi connectivity index (χ4v) is 2.35. The highest BCUT2D eigenvalue weighted by molar-refractivity contribution is 7.07. The number of methoxy groups -OCH3 is 1. The van der Waals surface area contributed by atoms with E-state index in [-0.39, 0.29) is 4.87 Å². The van der Waals surface area contributed by atoms with E-state index < -0.39 is 5.97 Å². The lowest BCUT2D eigenvalue weighted by Gasteiger charge is -2.09. The van der Waals surface area contributed by atoms with Crippen LogP contribution >= 0.6 is 11.3 Å². The number of carbonyl (C=O) groups is 1. The maximum Gasteiger partial charge on any atom is 0.328 e. The Bertz CT molecular complexity index is 699. The lowest BCUT2D eigenvalue weighted by molar-refractivity contribution is -0.131. The molecule has 0 radical (unpaired) electrons. The number of rotatable bonds is 5. The van der Waals surface area contributed by atoms with Crippen LogP contribution in [0.2, 0.25) is 0 Å². The summed E-state index contributed by atoms with van der Waals surface area (Å²) < 4.78 is 6.73. The molecule has 2 rings (SSSR count). The summed E-state index contributed by atoms with van der Waals surface area (Å²) in [6.07, 6.45) is 4.29. The molecule has 0 saturated carbocycles. The van der Waals surface area contributed by atoms with E-state index in [9.17, 15) is 9.59 Å². The number of aliphatic carboxylic acids is 1. The first-order valence-corrected chi connectivity index (χ1v) is 6.70. The van der Waals surface area contributed by atoms with Crippen molar-refractivity contribution in [3.8, 4) is 5.75 Å². The quantitative estimate of drug-likeness (QED) is 0.856. The van der Waals surface area contributed by atoms with Gasteiger partial charge in [-0.1, -0.05) is 17.4 Å². The summed E-state index contributed by atoms with van der Waals surface area (Å²) >= 11 is 1.12. The average molecular weight is 291 g/mol. The zero-order valence-corrected chi connectivity index (χ0v) is 11.6. The van der Waals surface area contributed by atoms with E-state index >= 15 is 0 Å². The Morgan fingerprint density at radius 3 is 2.90 bits per heavy atom. The average Bonchev–Trinajstić information content (AvgIpc) is 2.82. The summed E-state index contributed by atoms with van der Waals surface area (Å²) in [5.74, 6) is -0.352. The minimum atomic E-state index is -1.01. The third-order valence-corrected chi connectivity index (χ3v) is 3.43. The van der Waals surface area contributed by atoms with Crippen LogP contribution < -0.4 is 9.61 Å². The van der Waals surface area contributed by atoms with E-state index in [1.165, 1.54) is 6.08 Å². The monoisotopic (exact) mass is 291 g/mol. The molecule has 6 heteroatoms. The maximum absolute atomic E-state index is 11.6. The van der Waals surface area contributed by atoms with E-state index in [2.05, 4.69) is 0 Å². The molecule has 20 heavy (non-hydrogen) atoms. The molecule has 0 aliphatic rings. The van der Waals surface area contributed by atoms with Gasteiger partial charge in [-0.05, 0) is 29.3 Å². The van der Waals surface area contributed by atoms with Gasteiger partial charge in [0.1, 0.15) is 5.75 Å². The predicted octanol–water partition coefficient (Wildman–Crippen LogP) is 2.06. The summed E-state index contributed by atoms with van der Waals surface area (Å²) in [7, 11) is 1.56. The Hall–Kier alpha value is -2.34. The lowest BCUT2D eigenvalue weighted by atomic mass is 10.1. The van der Waals surface area contributed by atoms with E-state index in [1.807, 2.05) is 0 Å². The van der Waals surface area contributed by atoms with Crippen LogP contribution in [-0.2, 0) is 11.3 Å².